The number of benzene rings is 1. The van der Waals surface area contributed by atoms with Gasteiger partial charge in [-0.3, -0.25) is 9.59 Å². The lowest BCUT2D eigenvalue weighted by molar-refractivity contribution is -0.126. The van der Waals surface area contributed by atoms with Crippen LogP contribution in [0.15, 0.2) is 24.3 Å². The zero-order chi connectivity index (χ0) is 15.4. The minimum Gasteiger partial charge on any atom is -0.356 e. The fraction of sp³-hybridized carbons (Fsp3) is 0.529. The Morgan fingerprint density at radius 1 is 1.43 bits per heavy atom. The van der Waals surface area contributed by atoms with E-state index in [9.17, 15) is 9.59 Å². The normalized spacial score (nSPS) is 18.4. The van der Waals surface area contributed by atoms with Crippen molar-refractivity contribution in [3.05, 3.63) is 29.8 Å². The van der Waals surface area contributed by atoms with E-state index in [0.29, 0.717) is 25.4 Å². The molecule has 1 aromatic rings. The Labute approximate surface area is 126 Å². The number of anilines is 1. The van der Waals surface area contributed by atoms with Gasteiger partial charge in [-0.2, -0.15) is 0 Å². The fourth-order valence-corrected chi connectivity index (χ4v) is 2.58. The van der Waals surface area contributed by atoms with Crippen molar-refractivity contribution < 1.29 is 9.59 Å². The Kier molecular flexibility index (Phi) is 4.99. The van der Waals surface area contributed by atoms with Gasteiger partial charge in [-0.25, -0.2) is 0 Å². The summed E-state index contributed by atoms with van der Waals surface area (Å²) in [5.41, 5.74) is 2.11. The summed E-state index contributed by atoms with van der Waals surface area (Å²) in [6, 6.07) is 8.04. The molecule has 1 saturated heterocycles. The van der Waals surface area contributed by atoms with Crippen LogP contribution in [0.25, 0.3) is 0 Å². The van der Waals surface area contributed by atoms with E-state index in [4.69, 9.17) is 0 Å². The topological polar surface area (TPSA) is 49.4 Å². The molecule has 0 spiro atoms. The van der Waals surface area contributed by atoms with E-state index in [1.807, 2.05) is 19.1 Å². The minimum absolute atomic E-state index is 0.00675. The highest BCUT2D eigenvalue weighted by Gasteiger charge is 2.34. The summed E-state index contributed by atoms with van der Waals surface area (Å²) in [4.78, 5) is 25.9. The van der Waals surface area contributed by atoms with Crippen LogP contribution in [0.1, 0.15) is 45.1 Å². The van der Waals surface area contributed by atoms with E-state index in [-0.39, 0.29) is 17.7 Å². The predicted octanol–water partition coefficient (Wildman–Crippen LogP) is 2.69. The lowest BCUT2D eigenvalue weighted by Gasteiger charge is -2.18. The highest BCUT2D eigenvalue weighted by atomic mass is 16.2. The molecule has 1 fully saturated rings. The van der Waals surface area contributed by atoms with Crippen LogP contribution in [0.2, 0.25) is 0 Å². The molecule has 0 aliphatic carbocycles. The van der Waals surface area contributed by atoms with Crippen molar-refractivity contribution in [2.75, 3.05) is 18.0 Å². The number of rotatable bonds is 5. The molecule has 0 saturated carbocycles. The highest BCUT2D eigenvalue weighted by molar-refractivity contribution is 6.00. The van der Waals surface area contributed by atoms with E-state index in [1.165, 1.54) is 5.56 Å². The summed E-state index contributed by atoms with van der Waals surface area (Å²) in [5.74, 6) is 0.221. The largest absolute Gasteiger partial charge is 0.356 e. The molecule has 1 aliphatic heterocycles. The highest BCUT2D eigenvalue weighted by Crippen LogP contribution is 2.27. The third-order valence-corrected chi connectivity index (χ3v) is 3.89. The second-order valence-corrected chi connectivity index (χ2v) is 5.95. The predicted molar refractivity (Wildman–Crippen MR) is 84.3 cm³/mol. The molecule has 1 heterocycles. The smallest absolute Gasteiger partial charge is 0.227 e. The Balaban J connectivity index is 2.09. The van der Waals surface area contributed by atoms with Crippen LogP contribution in [-0.4, -0.2) is 24.9 Å². The summed E-state index contributed by atoms with van der Waals surface area (Å²) < 4.78 is 0. The molecule has 21 heavy (non-hydrogen) atoms. The average Bonchev–Trinajstić information content (AvgIpc) is 2.87. The van der Waals surface area contributed by atoms with Crippen LogP contribution in [0, 0.1) is 5.92 Å². The van der Waals surface area contributed by atoms with Crippen molar-refractivity contribution in [2.24, 2.45) is 5.92 Å². The van der Waals surface area contributed by atoms with E-state index in [1.54, 1.807) is 4.90 Å². The van der Waals surface area contributed by atoms with Gasteiger partial charge in [-0.15, -0.1) is 0 Å². The van der Waals surface area contributed by atoms with Crippen molar-refractivity contribution in [2.45, 2.75) is 39.5 Å². The lowest BCUT2D eigenvalue weighted by atomic mass is 10.0. The monoisotopic (exact) mass is 288 g/mol. The molecule has 2 amide bonds. The molecule has 4 heteroatoms. The maximum absolute atomic E-state index is 12.2. The van der Waals surface area contributed by atoms with Crippen molar-refractivity contribution in [3.63, 3.8) is 0 Å². The minimum atomic E-state index is -0.230. The Morgan fingerprint density at radius 2 is 2.19 bits per heavy atom. The van der Waals surface area contributed by atoms with E-state index in [2.05, 4.69) is 31.3 Å². The van der Waals surface area contributed by atoms with Gasteiger partial charge in [-0.05, 0) is 30.0 Å². The summed E-state index contributed by atoms with van der Waals surface area (Å²) in [7, 11) is 0. The van der Waals surface area contributed by atoms with Gasteiger partial charge in [0.25, 0.3) is 0 Å². The Morgan fingerprint density at radius 3 is 2.86 bits per heavy atom. The van der Waals surface area contributed by atoms with Crippen LogP contribution in [0.3, 0.4) is 0 Å². The Bertz CT molecular complexity index is 525. The summed E-state index contributed by atoms with van der Waals surface area (Å²) in [6.07, 6.45) is 1.22. The van der Waals surface area contributed by atoms with Gasteiger partial charge in [0.1, 0.15) is 0 Å². The van der Waals surface area contributed by atoms with Crippen molar-refractivity contribution in [1.82, 2.24) is 5.32 Å². The number of nitrogens with zero attached hydrogens (tertiary/aromatic N) is 1. The molecule has 0 unspecified atom stereocenters. The molecule has 1 atom stereocenters. The fourth-order valence-electron chi connectivity index (χ4n) is 2.58. The molecule has 114 valence electrons. The van der Waals surface area contributed by atoms with Gasteiger partial charge in [0, 0.05) is 25.2 Å². The number of amides is 2. The second-order valence-electron chi connectivity index (χ2n) is 5.95. The summed E-state index contributed by atoms with van der Waals surface area (Å²) in [6.45, 7) is 7.43. The Hall–Kier alpha value is -1.84. The molecule has 1 aromatic carbocycles. The summed E-state index contributed by atoms with van der Waals surface area (Å²) >= 11 is 0. The molecule has 1 aliphatic rings. The zero-order valence-electron chi connectivity index (χ0n) is 13.1. The maximum atomic E-state index is 12.2. The van der Waals surface area contributed by atoms with Crippen LogP contribution in [0.4, 0.5) is 5.69 Å². The number of carbonyl (C=O) groups excluding carboxylic acids is 2. The molecular formula is C17H24N2O2. The van der Waals surface area contributed by atoms with Gasteiger partial charge in [-0.1, -0.05) is 32.9 Å². The number of hydrogen-bond acceptors (Lipinski definition) is 2. The van der Waals surface area contributed by atoms with Gasteiger partial charge < -0.3 is 10.2 Å². The van der Waals surface area contributed by atoms with Gasteiger partial charge in [0.15, 0.2) is 0 Å². The van der Waals surface area contributed by atoms with E-state index < -0.39 is 0 Å². The number of hydrogen-bond donors (Lipinski definition) is 1. The second kappa shape index (κ2) is 6.74. The third-order valence-electron chi connectivity index (χ3n) is 3.89. The molecular weight excluding hydrogens is 264 g/mol. The summed E-state index contributed by atoms with van der Waals surface area (Å²) in [5, 5.41) is 2.88. The standard InChI is InChI=1S/C17H24N2O2/c1-4-8-18-17(21)14-10-16(20)19(11-14)15-7-5-6-13(9-15)12(2)3/h5-7,9,12,14H,4,8,10-11H2,1-3H3,(H,18,21)/t14-/m1/s1. The molecule has 0 radical (unpaired) electrons. The third kappa shape index (κ3) is 3.63. The molecule has 0 bridgehead atoms. The van der Waals surface area contributed by atoms with Gasteiger partial charge in [0.2, 0.25) is 11.8 Å². The first-order chi connectivity index (χ1) is 10.0. The molecule has 2 rings (SSSR count). The first-order valence-corrected chi connectivity index (χ1v) is 7.71. The zero-order valence-corrected chi connectivity index (χ0v) is 13.1. The van der Waals surface area contributed by atoms with Crippen LogP contribution < -0.4 is 10.2 Å². The van der Waals surface area contributed by atoms with Crippen molar-refractivity contribution in [3.8, 4) is 0 Å². The van der Waals surface area contributed by atoms with Gasteiger partial charge >= 0.3 is 0 Å². The first-order valence-electron chi connectivity index (χ1n) is 7.71. The molecule has 1 N–H and O–H groups in total. The van der Waals surface area contributed by atoms with Crippen LogP contribution >= 0.6 is 0 Å². The maximum Gasteiger partial charge on any atom is 0.227 e. The van der Waals surface area contributed by atoms with Crippen molar-refractivity contribution in [1.29, 1.82) is 0 Å². The van der Waals surface area contributed by atoms with E-state index >= 15 is 0 Å². The quantitative estimate of drug-likeness (QED) is 0.905. The average molecular weight is 288 g/mol. The SMILES string of the molecule is CCCNC(=O)[C@@H]1CC(=O)N(c2cccc(C(C)C)c2)C1. The molecule has 0 aromatic heterocycles. The first kappa shape index (κ1) is 15.5. The molecule has 4 nitrogen and oxygen atoms in total. The van der Waals surface area contributed by atoms with E-state index in [0.717, 1.165) is 12.1 Å². The number of nitrogens with one attached hydrogen (secondary N) is 1. The van der Waals surface area contributed by atoms with Crippen LogP contribution in [0.5, 0.6) is 0 Å². The van der Waals surface area contributed by atoms with Gasteiger partial charge in [0.05, 0.1) is 5.92 Å². The number of carbonyl (C=O) groups is 2. The lowest BCUT2D eigenvalue weighted by Crippen LogP contribution is -2.33. The van der Waals surface area contributed by atoms with Crippen LogP contribution in [-0.2, 0) is 9.59 Å². The van der Waals surface area contributed by atoms with Crippen molar-refractivity contribution >= 4 is 17.5 Å².